The largest absolute Gasteiger partial charge is 0.489 e. The molecular formula is C25H19F2N3O3. The molecule has 1 atom stereocenters. The Morgan fingerprint density at radius 2 is 1.88 bits per heavy atom. The minimum atomic E-state index is -0.893. The van der Waals surface area contributed by atoms with Gasteiger partial charge in [0.15, 0.2) is 0 Å². The van der Waals surface area contributed by atoms with Gasteiger partial charge in [0, 0.05) is 29.6 Å². The number of likely N-dealkylation sites (N-methyl/N-ethyl adjacent to an activating group) is 1. The maximum atomic E-state index is 14.4. The number of hydrogen-bond acceptors (Lipinski definition) is 3. The van der Waals surface area contributed by atoms with E-state index in [1.807, 2.05) is 6.07 Å². The second-order valence-corrected chi connectivity index (χ2v) is 7.78. The van der Waals surface area contributed by atoms with Gasteiger partial charge in [0.2, 0.25) is 0 Å². The van der Waals surface area contributed by atoms with Gasteiger partial charge in [-0.2, -0.15) is 0 Å². The minimum absolute atomic E-state index is 0.0157. The van der Waals surface area contributed by atoms with Crippen LogP contribution in [0.15, 0.2) is 66.7 Å². The SMILES string of the molecule is CN1C(=O)[C@@H](NC(=O)c2cc3cccc(-c4ccc(F)cc4F)c3[nH]2)COc2ccccc21. The zero-order valence-electron chi connectivity index (χ0n) is 17.6. The molecule has 6 nitrogen and oxygen atoms in total. The van der Waals surface area contributed by atoms with Gasteiger partial charge < -0.3 is 19.9 Å². The maximum absolute atomic E-state index is 14.4. The molecule has 2 N–H and O–H groups in total. The number of benzene rings is 3. The number of aromatic amines is 1. The Morgan fingerprint density at radius 1 is 1.06 bits per heavy atom. The van der Waals surface area contributed by atoms with Crippen LogP contribution in [0.25, 0.3) is 22.0 Å². The Hall–Kier alpha value is -4.20. The summed E-state index contributed by atoms with van der Waals surface area (Å²) in [6.45, 7) is -0.0157. The van der Waals surface area contributed by atoms with Gasteiger partial charge in [-0.1, -0.05) is 30.3 Å². The van der Waals surface area contributed by atoms with Crippen LogP contribution in [-0.4, -0.2) is 36.5 Å². The summed E-state index contributed by atoms with van der Waals surface area (Å²) in [5, 5.41) is 3.39. The molecule has 2 heterocycles. The number of nitrogens with zero attached hydrogens (tertiary/aromatic N) is 1. The number of ether oxygens (including phenoxy) is 1. The molecule has 4 aromatic rings. The van der Waals surface area contributed by atoms with Crippen molar-refractivity contribution in [1.29, 1.82) is 0 Å². The third kappa shape index (κ3) is 3.69. The number of carbonyl (C=O) groups excluding carboxylic acids is 2. The van der Waals surface area contributed by atoms with E-state index in [4.69, 9.17) is 4.74 Å². The van der Waals surface area contributed by atoms with Gasteiger partial charge >= 0.3 is 0 Å². The zero-order valence-corrected chi connectivity index (χ0v) is 17.6. The van der Waals surface area contributed by atoms with Gasteiger partial charge in [0.25, 0.3) is 11.8 Å². The smallest absolute Gasteiger partial charge is 0.268 e. The third-order valence-electron chi connectivity index (χ3n) is 5.69. The number of halogens is 2. The van der Waals surface area contributed by atoms with Gasteiger partial charge in [0.1, 0.15) is 35.7 Å². The average molecular weight is 447 g/mol. The number of H-pyrrole nitrogens is 1. The van der Waals surface area contributed by atoms with Crippen LogP contribution in [0.5, 0.6) is 5.75 Å². The highest BCUT2D eigenvalue weighted by molar-refractivity contribution is 6.05. The van der Waals surface area contributed by atoms with E-state index in [-0.39, 0.29) is 23.8 Å². The second kappa shape index (κ2) is 8.05. The first kappa shape index (κ1) is 20.7. The molecule has 3 aromatic carbocycles. The number of anilines is 1. The summed E-state index contributed by atoms with van der Waals surface area (Å²) in [6.07, 6.45) is 0. The molecule has 0 fully saturated rings. The molecule has 2 amide bonds. The lowest BCUT2D eigenvalue weighted by molar-refractivity contribution is -0.120. The van der Waals surface area contributed by atoms with Gasteiger partial charge in [-0.05, 0) is 30.3 Å². The summed E-state index contributed by atoms with van der Waals surface area (Å²) in [7, 11) is 1.63. The van der Waals surface area contributed by atoms with E-state index in [9.17, 15) is 18.4 Å². The van der Waals surface area contributed by atoms with E-state index in [2.05, 4.69) is 10.3 Å². The van der Waals surface area contributed by atoms with Crippen LogP contribution in [0.3, 0.4) is 0 Å². The van der Waals surface area contributed by atoms with Crippen molar-refractivity contribution in [3.8, 4) is 16.9 Å². The maximum Gasteiger partial charge on any atom is 0.268 e. The zero-order chi connectivity index (χ0) is 23.1. The summed E-state index contributed by atoms with van der Waals surface area (Å²) in [5.74, 6) is -1.62. The standard InChI is InChI=1S/C25H19F2N3O3/c1-30-21-7-2-3-8-22(21)33-13-20(25(30)32)29-24(31)19-11-14-5-4-6-17(23(14)28-19)16-10-9-15(26)12-18(16)27/h2-12,20,28H,13H2,1H3,(H,29,31)/t20-/m0/s1. The number of carbonyl (C=O) groups is 2. The number of para-hydroxylation sites is 3. The predicted octanol–water partition coefficient (Wildman–Crippen LogP) is 4.27. The van der Waals surface area contributed by atoms with Gasteiger partial charge in [-0.15, -0.1) is 0 Å². The van der Waals surface area contributed by atoms with Crippen LogP contribution >= 0.6 is 0 Å². The van der Waals surface area contributed by atoms with Crippen LogP contribution in [0.1, 0.15) is 10.5 Å². The molecule has 0 aliphatic carbocycles. The lowest BCUT2D eigenvalue weighted by atomic mass is 10.0. The van der Waals surface area contributed by atoms with E-state index in [0.29, 0.717) is 27.9 Å². The predicted molar refractivity (Wildman–Crippen MR) is 120 cm³/mol. The van der Waals surface area contributed by atoms with Crippen molar-refractivity contribution >= 4 is 28.4 Å². The topological polar surface area (TPSA) is 74.4 Å². The number of nitrogens with one attached hydrogen (secondary N) is 2. The van der Waals surface area contributed by atoms with Gasteiger partial charge in [-0.25, -0.2) is 8.78 Å². The monoisotopic (exact) mass is 447 g/mol. The van der Waals surface area contributed by atoms with Gasteiger partial charge in [-0.3, -0.25) is 9.59 Å². The first-order valence-corrected chi connectivity index (χ1v) is 10.3. The molecule has 1 aliphatic heterocycles. The second-order valence-electron chi connectivity index (χ2n) is 7.78. The molecule has 0 unspecified atom stereocenters. The summed E-state index contributed by atoms with van der Waals surface area (Å²) in [5.41, 5.74) is 2.06. The Morgan fingerprint density at radius 3 is 2.70 bits per heavy atom. The van der Waals surface area contributed by atoms with E-state index in [0.717, 1.165) is 6.07 Å². The molecule has 0 saturated heterocycles. The van der Waals surface area contributed by atoms with E-state index in [1.54, 1.807) is 49.5 Å². The number of aromatic nitrogens is 1. The summed E-state index contributed by atoms with van der Waals surface area (Å²) >= 11 is 0. The number of hydrogen-bond donors (Lipinski definition) is 2. The lowest BCUT2D eigenvalue weighted by Crippen LogP contribution is -2.49. The van der Waals surface area contributed by atoms with Crippen LogP contribution in [0, 0.1) is 11.6 Å². The minimum Gasteiger partial charge on any atom is -0.489 e. The third-order valence-corrected chi connectivity index (χ3v) is 5.69. The van der Waals surface area contributed by atoms with Crippen LogP contribution in [-0.2, 0) is 4.79 Å². The molecule has 1 aliphatic rings. The molecule has 0 bridgehead atoms. The highest BCUT2D eigenvalue weighted by Crippen LogP contribution is 2.32. The van der Waals surface area contributed by atoms with Crippen molar-refractivity contribution in [1.82, 2.24) is 10.3 Å². The fourth-order valence-corrected chi connectivity index (χ4v) is 4.00. The first-order valence-electron chi connectivity index (χ1n) is 10.3. The Balaban J connectivity index is 1.43. The van der Waals surface area contributed by atoms with Crippen molar-refractivity contribution < 1.29 is 23.1 Å². The van der Waals surface area contributed by atoms with Crippen molar-refractivity contribution in [3.05, 3.63) is 84.1 Å². The Labute approximate surface area is 187 Å². The van der Waals surface area contributed by atoms with Crippen LogP contribution < -0.4 is 15.0 Å². The first-order chi connectivity index (χ1) is 15.9. The number of fused-ring (bicyclic) bond motifs is 2. The highest BCUT2D eigenvalue weighted by atomic mass is 19.1. The van der Waals surface area contributed by atoms with Crippen molar-refractivity contribution in [2.75, 3.05) is 18.6 Å². The fourth-order valence-electron chi connectivity index (χ4n) is 4.00. The molecule has 1 aromatic heterocycles. The summed E-state index contributed by atoms with van der Waals surface area (Å²) in [4.78, 5) is 30.4. The Kier molecular flexibility index (Phi) is 5.05. The highest BCUT2D eigenvalue weighted by Gasteiger charge is 2.31. The molecule has 33 heavy (non-hydrogen) atoms. The van der Waals surface area contributed by atoms with E-state index < -0.39 is 23.6 Å². The molecule has 0 spiro atoms. The number of rotatable bonds is 3. The molecule has 0 radical (unpaired) electrons. The molecule has 8 heteroatoms. The Bertz CT molecular complexity index is 1400. The summed E-state index contributed by atoms with van der Waals surface area (Å²) < 4.78 is 33.5. The summed E-state index contributed by atoms with van der Waals surface area (Å²) in [6, 6.07) is 16.4. The average Bonchev–Trinajstić information content (AvgIpc) is 3.21. The van der Waals surface area contributed by atoms with E-state index in [1.165, 1.54) is 17.0 Å². The number of amides is 2. The molecule has 0 saturated carbocycles. The van der Waals surface area contributed by atoms with Crippen LogP contribution in [0.2, 0.25) is 0 Å². The normalized spacial score (nSPS) is 15.7. The van der Waals surface area contributed by atoms with Crippen molar-refractivity contribution in [2.24, 2.45) is 0 Å². The van der Waals surface area contributed by atoms with Crippen molar-refractivity contribution in [3.63, 3.8) is 0 Å². The van der Waals surface area contributed by atoms with Gasteiger partial charge in [0.05, 0.1) is 11.2 Å². The lowest BCUT2D eigenvalue weighted by Gasteiger charge is -2.20. The molecular weight excluding hydrogens is 428 g/mol. The molecule has 166 valence electrons. The van der Waals surface area contributed by atoms with Crippen LogP contribution in [0.4, 0.5) is 14.5 Å². The fraction of sp³-hybridized carbons (Fsp3) is 0.120. The molecule has 5 rings (SSSR count). The van der Waals surface area contributed by atoms with E-state index >= 15 is 0 Å². The van der Waals surface area contributed by atoms with Crippen molar-refractivity contribution in [2.45, 2.75) is 6.04 Å². The quantitative estimate of drug-likeness (QED) is 0.493.